The average Bonchev–Trinajstić information content (AvgIpc) is 3.46. The van der Waals surface area contributed by atoms with Gasteiger partial charge in [0.1, 0.15) is 0 Å². The van der Waals surface area contributed by atoms with Crippen molar-refractivity contribution in [3.05, 3.63) is 46.7 Å². The summed E-state index contributed by atoms with van der Waals surface area (Å²) < 4.78 is 5.79. The van der Waals surface area contributed by atoms with Crippen LogP contribution in [-0.2, 0) is 16.1 Å². The maximum Gasteiger partial charge on any atom is 0.238 e. The van der Waals surface area contributed by atoms with Gasteiger partial charge in [-0.15, -0.1) is 11.3 Å². The fourth-order valence-corrected chi connectivity index (χ4v) is 4.76. The number of carbonyl (C=O) groups excluding carboxylic acids is 1. The van der Waals surface area contributed by atoms with E-state index in [4.69, 9.17) is 4.74 Å². The number of hydrogen-bond donors (Lipinski definition) is 1. The Kier molecular flexibility index (Phi) is 6.62. The van der Waals surface area contributed by atoms with Gasteiger partial charge in [-0.3, -0.25) is 9.69 Å². The molecule has 1 amide bonds. The lowest BCUT2D eigenvalue weighted by molar-refractivity contribution is -0.117. The summed E-state index contributed by atoms with van der Waals surface area (Å²) in [7, 11) is 0. The molecule has 1 N–H and O–H groups in total. The lowest BCUT2D eigenvalue weighted by Gasteiger charge is -2.24. The molecule has 1 aromatic carbocycles. The molecule has 3 heterocycles. The highest BCUT2D eigenvalue weighted by molar-refractivity contribution is 7.09. The van der Waals surface area contributed by atoms with Gasteiger partial charge in [-0.25, -0.2) is 0 Å². The molecule has 0 bridgehead atoms. The number of amides is 1. The van der Waals surface area contributed by atoms with E-state index >= 15 is 0 Å². The largest absolute Gasteiger partial charge is 0.377 e. The zero-order chi connectivity index (χ0) is 19.2. The van der Waals surface area contributed by atoms with Crippen LogP contribution >= 0.6 is 11.3 Å². The lowest BCUT2D eigenvalue weighted by atomic mass is 10.2. The molecule has 2 aliphatic heterocycles. The van der Waals surface area contributed by atoms with Crippen molar-refractivity contribution in [1.82, 2.24) is 4.90 Å². The number of hydrogen-bond acceptors (Lipinski definition) is 5. The zero-order valence-corrected chi connectivity index (χ0v) is 17.1. The van der Waals surface area contributed by atoms with E-state index in [2.05, 4.69) is 44.8 Å². The fourth-order valence-electron chi connectivity index (χ4n) is 4.02. The molecule has 1 atom stereocenters. The fraction of sp³-hybridized carbons (Fsp3) is 0.500. The van der Waals surface area contributed by atoms with Gasteiger partial charge in [-0.05, 0) is 61.4 Å². The zero-order valence-electron chi connectivity index (χ0n) is 16.3. The number of rotatable bonds is 8. The second-order valence-corrected chi connectivity index (χ2v) is 8.71. The molecule has 0 spiro atoms. The highest BCUT2D eigenvalue weighted by Crippen LogP contribution is 2.22. The van der Waals surface area contributed by atoms with Crippen molar-refractivity contribution in [2.45, 2.75) is 38.3 Å². The first-order valence-electron chi connectivity index (χ1n) is 10.3. The van der Waals surface area contributed by atoms with Gasteiger partial charge in [0, 0.05) is 49.0 Å². The van der Waals surface area contributed by atoms with Gasteiger partial charge in [0.05, 0.1) is 12.6 Å². The molecule has 2 fully saturated rings. The van der Waals surface area contributed by atoms with Crippen LogP contribution < -0.4 is 10.2 Å². The molecular weight excluding hydrogens is 370 g/mol. The summed E-state index contributed by atoms with van der Waals surface area (Å²) in [6.45, 7) is 5.08. The van der Waals surface area contributed by atoms with E-state index in [1.54, 1.807) is 11.3 Å². The van der Waals surface area contributed by atoms with Crippen LogP contribution in [0.5, 0.6) is 0 Å². The molecule has 0 unspecified atom stereocenters. The SMILES string of the molecule is O=C(CN(Cc1cccs1)C[C@H]1CCCO1)Nc1ccc(N2CCCC2)cc1. The Hall–Kier alpha value is -1.89. The molecule has 4 rings (SSSR count). The number of carbonyl (C=O) groups is 1. The maximum absolute atomic E-state index is 12.7. The van der Waals surface area contributed by atoms with E-state index in [-0.39, 0.29) is 12.0 Å². The van der Waals surface area contributed by atoms with E-state index in [0.717, 1.165) is 51.3 Å². The van der Waals surface area contributed by atoms with Gasteiger partial charge in [-0.2, -0.15) is 0 Å². The van der Waals surface area contributed by atoms with Crippen LogP contribution in [0.3, 0.4) is 0 Å². The molecule has 5 nitrogen and oxygen atoms in total. The van der Waals surface area contributed by atoms with E-state index < -0.39 is 0 Å². The van der Waals surface area contributed by atoms with Gasteiger partial charge in [-0.1, -0.05) is 6.07 Å². The minimum atomic E-state index is 0.0310. The Morgan fingerprint density at radius 1 is 1.18 bits per heavy atom. The third-order valence-electron chi connectivity index (χ3n) is 5.43. The van der Waals surface area contributed by atoms with Crippen LogP contribution in [0, 0.1) is 0 Å². The number of nitrogens with one attached hydrogen (secondary N) is 1. The Bertz CT molecular complexity index is 736. The topological polar surface area (TPSA) is 44.8 Å². The Balaban J connectivity index is 1.33. The number of benzene rings is 1. The van der Waals surface area contributed by atoms with Crippen molar-refractivity contribution < 1.29 is 9.53 Å². The summed E-state index contributed by atoms with van der Waals surface area (Å²) in [5, 5.41) is 5.14. The quantitative estimate of drug-likeness (QED) is 0.730. The highest BCUT2D eigenvalue weighted by Gasteiger charge is 2.21. The van der Waals surface area contributed by atoms with Crippen LogP contribution in [0.15, 0.2) is 41.8 Å². The molecule has 2 aromatic rings. The smallest absolute Gasteiger partial charge is 0.238 e. The molecule has 28 heavy (non-hydrogen) atoms. The molecule has 2 saturated heterocycles. The summed E-state index contributed by atoms with van der Waals surface area (Å²) in [5.41, 5.74) is 2.11. The molecule has 0 aliphatic carbocycles. The first kappa shape index (κ1) is 19.4. The van der Waals surface area contributed by atoms with Crippen LogP contribution in [0.4, 0.5) is 11.4 Å². The van der Waals surface area contributed by atoms with E-state index in [9.17, 15) is 4.79 Å². The normalized spacial score (nSPS) is 19.5. The maximum atomic E-state index is 12.7. The second-order valence-electron chi connectivity index (χ2n) is 7.67. The standard InChI is InChI=1S/C22H29N3O2S/c26-22(23-18-7-9-19(10-8-18)25-11-1-2-12-25)17-24(15-20-5-3-13-27-20)16-21-6-4-14-28-21/h4,6-10,14,20H,1-3,5,11-13,15-17H2,(H,23,26)/t20-/m1/s1. The number of anilines is 2. The molecule has 0 radical (unpaired) electrons. The first-order valence-corrected chi connectivity index (χ1v) is 11.2. The first-order chi connectivity index (χ1) is 13.8. The van der Waals surface area contributed by atoms with Gasteiger partial charge in [0.15, 0.2) is 0 Å². The van der Waals surface area contributed by atoms with Gasteiger partial charge in [0.25, 0.3) is 0 Å². The summed E-state index contributed by atoms with van der Waals surface area (Å²) in [6.07, 6.45) is 4.98. The highest BCUT2D eigenvalue weighted by atomic mass is 32.1. The summed E-state index contributed by atoms with van der Waals surface area (Å²) in [4.78, 5) is 18.5. The Labute approximate surface area is 171 Å². The van der Waals surface area contributed by atoms with Crippen LogP contribution in [0.25, 0.3) is 0 Å². The van der Waals surface area contributed by atoms with Crippen molar-refractivity contribution in [2.75, 3.05) is 43.0 Å². The average molecular weight is 400 g/mol. The van der Waals surface area contributed by atoms with E-state index in [0.29, 0.717) is 6.54 Å². The van der Waals surface area contributed by atoms with Crippen molar-refractivity contribution in [3.63, 3.8) is 0 Å². The van der Waals surface area contributed by atoms with E-state index in [1.165, 1.54) is 23.4 Å². The Morgan fingerprint density at radius 3 is 2.68 bits per heavy atom. The molecule has 2 aliphatic rings. The lowest BCUT2D eigenvalue weighted by Crippen LogP contribution is -2.37. The van der Waals surface area contributed by atoms with Crippen LogP contribution in [0.1, 0.15) is 30.6 Å². The third kappa shape index (κ3) is 5.34. The Morgan fingerprint density at radius 2 is 2.00 bits per heavy atom. The van der Waals surface area contributed by atoms with Gasteiger partial charge < -0.3 is 15.0 Å². The van der Waals surface area contributed by atoms with Crippen molar-refractivity contribution in [1.29, 1.82) is 0 Å². The minimum Gasteiger partial charge on any atom is -0.377 e. The second kappa shape index (κ2) is 9.54. The minimum absolute atomic E-state index is 0.0310. The third-order valence-corrected chi connectivity index (χ3v) is 6.30. The van der Waals surface area contributed by atoms with Crippen molar-refractivity contribution in [3.8, 4) is 0 Å². The van der Waals surface area contributed by atoms with Crippen molar-refractivity contribution >= 4 is 28.6 Å². The van der Waals surface area contributed by atoms with E-state index in [1.807, 2.05) is 12.1 Å². The summed E-state index contributed by atoms with van der Waals surface area (Å²) in [6, 6.07) is 12.4. The number of ether oxygens (including phenoxy) is 1. The predicted molar refractivity (Wildman–Crippen MR) is 115 cm³/mol. The number of thiophene rings is 1. The molecular formula is C22H29N3O2S. The molecule has 150 valence electrons. The molecule has 1 aromatic heterocycles. The predicted octanol–water partition coefficient (Wildman–Crippen LogP) is 3.97. The van der Waals surface area contributed by atoms with Gasteiger partial charge >= 0.3 is 0 Å². The monoisotopic (exact) mass is 399 g/mol. The summed E-state index contributed by atoms with van der Waals surface area (Å²) in [5.74, 6) is 0.0310. The summed E-state index contributed by atoms with van der Waals surface area (Å²) >= 11 is 1.73. The molecule has 0 saturated carbocycles. The van der Waals surface area contributed by atoms with Crippen LogP contribution in [0.2, 0.25) is 0 Å². The van der Waals surface area contributed by atoms with Gasteiger partial charge in [0.2, 0.25) is 5.91 Å². The number of nitrogens with zero attached hydrogens (tertiary/aromatic N) is 2. The van der Waals surface area contributed by atoms with Crippen molar-refractivity contribution in [2.24, 2.45) is 0 Å². The van der Waals surface area contributed by atoms with Crippen LogP contribution in [-0.4, -0.2) is 49.7 Å². The molecule has 6 heteroatoms.